The van der Waals surface area contributed by atoms with E-state index in [2.05, 4.69) is 15.3 Å². The number of hydrogen-bond acceptors (Lipinski definition) is 4. The molecule has 0 spiro atoms. The fourth-order valence-electron chi connectivity index (χ4n) is 3.68. The van der Waals surface area contributed by atoms with Crippen LogP contribution in [0.15, 0.2) is 90.2 Å². The summed E-state index contributed by atoms with van der Waals surface area (Å²) in [4.78, 5) is 12.7. The van der Waals surface area contributed by atoms with E-state index in [4.69, 9.17) is 0 Å². The number of aryl methyl sites for hydroxylation is 1. The average molecular weight is 462 g/mol. The van der Waals surface area contributed by atoms with Gasteiger partial charge in [0.25, 0.3) is 0 Å². The van der Waals surface area contributed by atoms with Crippen LogP contribution in [0.5, 0.6) is 0 Å². The van der Waals surface area contributed by atoms with Crippen molar-refractivity contribution < 1.29 is 13.2 Å². The summed E-state index contributed by atoms with van der Waals surface area (Å²) >= 11 is 0. The van der Waals surface area contributed by atoms with E-state index in [0.29, 0.717) is 0 Å². The standard InChI is InChI=1S/C24H17F3N6O/c1-16-14-18(31-12-3-10-28-31)6-7-20(16)32-13-9-22(34)23(30-32)21-8-11-29-33(21)19-5-2-4-17(15-19)24(25,26)27/h2-15H,1H3. The van der Waals surface area contributed by atoms with Crippen LogP contribution in [0, 0.1) is 6.92 Å². The predicted octanol–water partition coefficient (Wildman–Crippen LogP) is 4.60. The molecule has 0 radical (unpaired) electrons. The van der Waals surface area contributed by atoms with Crippen LogP contribution in [0.1, 0.15) is 11.1 Å². The van der Waals surface area contributed by atoms with Gasteiger partial charge in [0.2, 0.25) is 5.43 Å². The number of hydrogen-bond donors (Lipinski definition) is 0. The Morgan fingerprint density at radius 3 is 2.41 bits per heavy atom. The highest BCUT2D eigenvalue weighted by Gasteiger charge is 2.30. The normalized spacial score (nSPS) is 11.6. The summed E-state index contributed by atoms with van der Waals surface area (Å²) in [5.41, 5.74) is 1.83. The maximum Gasteiger partial charge on any atom is 0.416 e. The second kappa shape index (κ2) is 8.14. The smallest absolute Gasteiger partial charge is 0.287 e. The van der Waals surface area contributed by atoms with Crippen LogP contribution in [0.2, 0.25) is 0 Å². The van der Waals surface area contributed by atoms with Crippen molar-refractivity contribution in [3.05, 3.63) is 107 Å². The number of alkyl halides is 3. The largest absolute Gasteiger partial charge is 0.416 e. The Labute approximate surface area is 191 Å². The molecule has 34 heavy (non-hydrogen) atoms. The predicted molar refractivity (Wildman–Crippen MR) is 119 cm³/mol. The molecular weight excluding hydrogens is 445 g/mol. The summed E-state index contributed by atoms with van der Waals surface area (Å²) < 4.78 is 44.1. The molecule has 0 saturated carbocycles. The number of halogens is 3. The van der Waals surface area contributed by atoms with E-state index in [0.717, 1.165) is 29.1 Å². The molecule has 0 fully saturated rings. The minimum atomic E-state index is -4.50. The number of rotatable bonds is 4. The Morgan fingerprint density at radius 2 is 1.68 bits per heavy atom. The van der Waals surface area contributed by atoms with Gasteiger partial charge in [0.15, 0.2) is 5.69 Å². The zero-order valence-corrected chi connectivity index (χ0v) is 17.8. The van der Waals surface area contributed by atoms with Gasteiger partial charge in [-0.1, -0.05) is 6.07 Å². The molecule has 2 aromatic carbocycles. The van der Waals surface area contributed by atoms with Gasteiger partial charge in [-0.15, -0.1) is 0 Å². The third kappa shape index (κ3) is 3.90. The molecule has 0 unspecified atom stereocenters. The lowest BCUT2D eigenvalue weighted by atomic mass is 10.1. The Kier molecular flexibility index (Phi) is 5.12. The monoisotopic (exact) mass is 462 g/mol. The molecule has 0 N–H and O–H groups in total. The van der Waals surface area contributed by atoms with Crippen molar-refractivity contribution >= 4 is 0 Å². The molecule has 10 heteroatoms. The highest BCUT2D eigenvalue weighted by molar-refractivity contribution is 5.58. The van der Waals surface area contributed by atoms with Crippen molar-refractivity contribution in [1.82, 2.24) is 29.3 Å². The minimum absolute atomic E-state index is 0.0629. The lowest BCUT2D eigenvalue weighted by Gasteiger charge is -2.13. The highest BCUT2D eigenvalue weighted by atomic mass is 19.4. The summed E-state index contributed by atoms with van der Waals surface area (Å²) in [6.45, 7) is 1.91. The van der Waals surface area contributed by atoms with E-state index in [1.54, 1.807) is 27.8 Å². The van der Waals surface area contributed by atoms with E-state index in [1.165, 1.54) is 29.1 Å². The van der Waals surface area contributed by atoms with Crippen molar-refractivity contribution in [3.8, 4) is 28.5 Å². The highest BCUT2D eigenvalue weighted by Crippen LogP contribution is 2.31. The van der Waals surface area contributed by atoms with Crippen LogP contribution >= 0.6 is 0 Å². The van der Waals surface area contributed by atoms with Gasteiger partial charge in [0.05, 0.1) is 34.5 Å². The molecule has 0 atom stereocenters. The van der Waals surface area contributed by atoms with Crippen molar-refractivity contribution in [2.45, 2.75) is 13.1 Å². The summed E-state index contributed by atoms with van der Waals surface area (Å²) in [5, 5.41) is 12.9. The SMILES string of the molecule is Cc1cc(-n2cccn2)ccc1-n1ccc(=O)c(-c2ccnn2-c2cccc(C(F)(F)F)c2)n1. The molecule has 5 rings (SSSR count). The van der Waals surface area contributed by atoms with Crippen molar-refractivity contribution in [3.63, 3.8) is 0 Å². The first-order valence-corrected chi connectivity index (χ1v) is 10.2. The Bertz CT molecular complexity index is 1530. The van der Waals surface area contributed by atoms with Crippen LogP contribution in [-0.2, 0) is 6.18 Å². The topological polar surface area (TPSA) is 70.5 Å². The average Bonchev–Trinajstić information content (AvgIpc) is 3.52. The van der Waals surface area contributed by atoms with Crippen LogP contribution in [0.25, 0.3) is 28.5 Å². The second-order valence-corrected chi connectivity index (χ2v) is 7.57. The second-order valence-electron chi connectivity index (χ2n) is 7.57. The first kappa shape index (κ1) is 21.4. The van der Waals surface area contributed by atoms with Crippen LogP contribution in [0.4, 0.5) is 13.2 Å². The minimum Gasteiger partial charge on any atom is -0.287 e. The molecule has 170 valence electrons. The van der Waals surface area contributed by atoms with Crippen molar-refractivity contribution in [2.24, 2.45) is 0 Å². The molecule has 0 bridgehead atoms. The fraction of sp³-hybridized carbons (Fsp3) is 0.0833. The Balaban J connectivity index is 1.58. The Hall–Kier alpha value is -4.47. The van der Waals surface area contributed by atoms with Crippen LogP contribution in [0.3, 0.4) is 0 Å². The quantitative estimate of drug-likeness (QED) is 0.392. The third-order valence-corrected chi connectivity index (χ3v) is 5.31. The van der Waals surface area contributed by atoms with E-state index in [1.807, 2.05) is 37.4 Å². The summed E-state index contributed by atoms with van der Waals surface area (Å²) in [5.74, 6) is 0. The molecule has 0 aliphatic carbocycles. The van der Waals surface area contributed by atoms with Gasteiger partial charge in [-0.2, -0.15) is 28.5 Å². The molecular formula is C24H17F3N6O. The zero-order chi connectivity index (χ0) is 23.9. The van der Waals surface area contributed by atoms with Crippen molar-refractivity contribution in [1.29, 1.82) is 0 Å². The van der Waals surface area contributed by atoms with Crippen LogP contribution in [-0.4, -0.2) is 29.3 Å². The first-order chi connectivity index (χ1) is 16.3. The van der Waals surface area contributed by atoms with Gasteiger partial charge >= 0.3 is 6.18 Å². The van der Waals surface area contributed by atoms with E-state index in [9.17, 15) is 18.0 Å². The number of aromatic nitrogens is 6. The molecule has 3 heterocycles. The molecule has 0 saturated heterocycles. The maximum atomic E-state index is 13.2. The van der Waals surface area contributed by atoms with Crippen molar-refractivity contribution in [2.75, 3.05) is 0 Å². The van der Waals surface area contributed by atoms with E-state index >= 15 is 0 Å². The third-order valence-electron chi connectivity index (χ3n) is 5.31. The van der Waals surface area contributed by atoms with Gasteiger partial charge < -0.3 is 0 Å². The van der Waals surface area contributed by atoms with Gasteiger partial charge in [0, 0.05) is 24.7 Å². The number of nitrogens with zero attached hydrogens (tertiary/aromatic N) is 6. The number of benzene rings is 2. The molecule has 0 aliphatic heterocycles. The van der Waals surface area contributed by atoms with Crippen LogP contribution < -0.4 is 5.43 Å². The Morgan fingerprint density at radius 1 is 0.824 bits per heavy atom. The van der Waals surface area contributed by atoms with E-state index in [-0.39, 0.29) is 22.5 Å². The molecule has 7 nitrogen and oxygen atoms in total. The molecule has 5 aromatic rings. The summed E-state index contributed by atoms with van der Waals surface area (Å²) in [6.07, 6.45) is 1.98. The maximum absolute atomic E-state index is 13.2. The van der Waals surface area contributed by atoms with E-state index < -0.39 is 11.7 Å². The van der Waals surface area contributed by atoms with Gasteiger partial charge in [-0.25, -0.2) is 14.0 Å². The summed E-state index contributed by atoms with van der Waals surface area (Å²) in [7, 11) is 0. The first-order valence-electron chi connectivity index (χ1n) is 10.2. The molecule has 0 aliphatic rings. The zero-order valence-electron chi connectivity index (χ0n) is 17.8. The molecule has 0 amide bonds. The van der Waals surface area contributed by atoms with Gasteiger partial charge in [0.1, 0.15) is 0 Å². The van der Waals surface area contributed by atoms with Gasteiger partial charge in [-0.05, 0) is 61.0 Å². The van der Waals surface area contributed by atoms with Gasteiger partial charge in [-0.3, -0.25) is 4.79 Å². The lowest BCUT2D eigenvalue weighted by Crippen LogP contribution is -2.15. The molecule has 3 aromatic heterocycles. The lowest BCUT2D eigenvalue weighted by molar-refractivity contribution is -0.137. The fourth-order valence-corrected chi connectivity index (χ4v) is 3.68. The summed E-state index contributed by atoms with van der Waals surface area (Å²) in [6, 6.07) is 15.2.